The van der Waals surface area contributed by atoms with Crippen LogP contribution in [0, 0.1) is 4.77 Å². The number of aliphatic hydroxyl groups is 2. The largest absolute Gasteiger partial charge is 0.394 e. The van der Waals surface area contributed by atoms with Gasteiger partial charge in [0.25, 0.3) is 0 Å². The zero-order chi connectivity index (χ0) is 12.6. The molecule has 1 aliphatic heterocycles. The molecule has 0 saturated carbocycles. The predicted octanol–water partition coefficient (Wildman–Crippen LogP) is -1.23. The molecule has 2 rings (SSSR count). The fourth-order valence-corrected chi connectivity index (χ4v) is 2.04. The van der Waals surface area contributed by atoms with E-state index in [1.807, 2.05) is 0 Å². The van der Waals surface area contributed by atoms with Crippen LogP contribution < -0.4 is 11.5 Å². The normalized spacial score (nSPS) is 32.9. The van der Waals surface area contributed by atoms with Crippen LogP contribution in [-0.4, -0.2) is 44.6 Å². The average molecular weight is 258 g/mol. The smallest absolute Gasteiger partial charge is 0.203 e. The van der Waals surface area contributed by atoms with Crippen molar-refractivity contribution in [3.8, 4) is 0 Å². The molecule has 1 saturated heterocycles. The van der Waals surface area contributed by atoms with E-state index in [0.29, 0.717) is 5.82 Å². The number of nitrogens with two attached hydrogens (primary N) is 2. The monoisotopic (exact) mass is 258 g/mol. The van der Waals surface area contributed by atoms with Gasteiger partial charge in [-0.3, -0.25) is 4.57 Å². The Kier molecular flexibility index (Phi) is 3.40. The van der Waals surface area contributed by atoms with Crippen LogP contribution in [0.1, 0.15) is 6.23 Å². The summed E-state index contributed by atoms with van der Waals surface area (Å²) in [5.41, 5.74) is 11.2. The van der Waals surface area contributed by atoms with E-state index in [-0.39, 0.29) is 11.4 Å². The summed E-state index contributed by atoms with van der Waals surface area (Å²) in [7, 11) is 0. The van der Waals surface area contributed by atoms with Crippen molar-refractivity contribution in [1.29, 1.82) is 0 Å². The molecule has 1 aliphatic rings. The van der Waals surface area contributed by atoms with Gasteiger partial charge in [0, 0.05) is 6.20 Å². The summed E-state index contributed by atoms with van der Waals surface area (Å²) in [6.07, 6.45) is -0.744. The second kappa shape index (κ2) is 4.67. The first kappa shape index (κ1) is 12.4. The summed E-state index contributed by atoms with van der Waals surface area (Å²) >= 11 is 5.02. The van der Waals surface area contributed by atoms with Gasteiger partial charge in [-0.1, -0.05) is 0 Å². The number of hydrogen-bond acceptors (Lipinski definition) is 7. The second-order valence-electron chi connectivity index (χ2n) is 3.86. The summed E-state index contributed by atoms with van der Waals surface area (Å²) < 4.78 is 7.09. The van der Waals surface area contributed by atoms with E-state index in [1.165, 1.54) is 4.57 Å². The summed E-state index contributed by atoms with van der Waals surface area (Å²) in [4.78, 5) is 3.89. The highest BCUT2D eigenvalue weighted by molar-refractivity contribution is 7.71. The van der Waals surface area contributed by atoms with E-state index in [9.17, 15) is 5.11 Å². The summed E-state index contributed by atoms with van der Waals surface area (Å²) in [5, 5.41) is 19.0. The molecule has 1 aromatic rings. The van der Waals surface area contributed by atoms with Crippen molar-refractivity contribution >= 4 is 18.0 Å². The molecule has 94 valence electrons. The van der Waals surface area contributed by atoms with Crippen molar-refractivity contribution in [3.05, 3.63) is 17.0 Å². The van der Waals surface area contributed by atoms with Crippen molar-refractivity contribution in [3.63, 3.8) is 0 Å². The Balaban J connectivity index is 2.32. The number of ether oxygens (including phenoxy) is 1. The van der Waals surface area contributed by atoms with Gasteiger partial charge in [-0.25, -0.2) is 4.98 Å². The molecule has 0 aromatic carbocycles. The van der Waals surface area contributed by atoms with Crippen LogP contribution in [0.2, 0.25) is 0 Å². The van der Waals surface area contributed by atoms with E-state index in [2.05, 4.69) is 4.98 Å². The number of hydrogen-bond donors (Lipinski definition) is 4. The average Bonchev–Trinajstić information content (AvgIpc) is 2.57. The Morgan fingerprint density at radius 3 is 2.82 bits per heavy atom. The standard InChI is InChI=1S/C9H14N4O3S/c10-5-1-2-13(9(17)12-5)8-7(15)6(11)4(3-14)16-8/h1-2,4,6-8,14-15H,3,11H2,(H2,10,12,17)/t4-,6-,7-,8-/m1/s1. The minimum absolute atomic E-state index is 0.194. The maximum atomic E-state index is 9.92. The molecule has 1 fully saturated rings. The van der Waals surface area contributed by atoms with Gasteiger partial charge in [-0.2, -0.15) is 0 Å². The van der Waals surface area contributed by atoms with Crippen LogP contribution in [0.15, 0.2) is 12.3 Å². The molecule has 7 nitrogen and oxygen atoms in total. The zero-order valence-electron chi connectivity index (χ0n) is 8.93. The van der Waals surface area contributed by atoms with E-state index >= 15 is 0 Å². The lowest BCUT2D eigenvalue weighted by Gasteiger charge is -2.18. The highest BCUT2D eigenvalue weighted by Gasteiger charge is 2.42. The Hall–Kier alpha value is -1.06. The lowest BCUT2D eigenvalue weighted by molar-refractivity contribution is -0.0521. The van der Waals surface area contributed by atoms with Gasteiger partial charge < -0.3 is 26.4 Å². The van der Waals surface area contributed by atoms with Gasteiger partial charge in [0.1, 0.15) is 18.0 Å². The fourth-order valence-electron chi connectivity index (χ4n) is 1.77. The molecule has 2 heterocycles. The molecule has 0 spiro atoms. The maximum Gasteiger partial charge on any atom is 0.203 e. The van der Waals surface area contributed by atoms with Crippen molar-refractivity contribution < 1.29 is 14.9 Å². The van der Waals surface area contributed by atoms with E-state index < -0.39 is 24.5 Å². The Labute approximate surface area is 103 Å². The number of nitrogens with zero attached hydrogens (tertiary/aromatic N) is 2. The summed E-state index contributed by atoms with van der Waals surface area (Å²) in [6, 6.07) is 0.883. The second-order valence-corrected chi connectivity index (χ2v) is 4.22. The van der Waals surface area contributed by atoms with E-state index in [1.54, 1.807) is 12.3 Å². The number of rotatable bonds is 2. The molecule has 1 aromatic heterocycles. The quantitative estimate of drug-likeness (QED) is 0.490. The van der Waals surface area contributed by atoms with Crippen molar-refractivity contribution in [2.75, 3.05) is 12.3 Å². The van der Waals surface area contributed by atoms with E-state index in [0.717, 1.165) is 0 Å². The zero-order valence-corrected chi connectivity index (χ0v) is 9.75. The number of nitrogen functional groups attached to an aromatic ring is 1. The molecule has 17 heavy (non-hydrogen) atoms. The van der Waals surface area contributed by atoms with Crippen LogP contribution in [0.5, 0.6) is 0 Å². The van der Waals surface area contributed by atoms with Gasteiger partial charge in [0.15, 0.2) is 6.23 Å². The number of anilines is 1. The summed E-state index contributed by atoms with van der Waals surface area (Å²) in [6.45, 7) is -0.259. The van der Waals surface area contributed by atoms with Crippen LogP contribution >= 0.6 is 12.2 Å². The highest BCUT2D eigenvalue weighted by Crippen LogP contribution is 2.28. The molecule has 0 bridgehead atoms. The van der Waals surface area contributed by atoms with Crippen molar-refractivity contribution in [2.45, 2.75) is 24.5 Å². The minimum atomic E-state index is -0.954. The molecular weight excluding hydrogens is 244 g/mol. The number of aliphatic hydroxyl groups excluding tert-OH is 2. The van der Waals surface area contributed by atoms with E-state index in [4.69, 9.17) is 33.5 Å². The molecule has 8 heteroatoms. The molecule has 6 N–H and O–H groups in total. The van der Waals surface area contributed by atoms with Gasteiger partial charge in [-0.15, -0.1) is 0 Å². The topological polar surface area (TPSA) is 120 Å². The fraction of sp³-hybridized carbons (Fsp3) is 0.556. The third-order valence-corrected chi connectivity index (χ3v) is 3.04. The maximum absolute atomic E-state index is 9.92. The van der Waals surface area contributed by atoms with Gasteiger partial charge >= 0.3 is 0 Å². The molecule has 0 amide bonds. The van der Waals surface area contributed by atoms with Gasteiger partial charge in [0.05, 0.1) is 12.6 Å². The third kappa shape index (κ3) is 2.17. The van der Waals surface area contributed by atoms with Crippen molar-refractivity contribution in [1.82, 2.24) is 9.55 Å². The molecule has 4 atom stereocenters. The summed E-state index contributed by atoms with van der Waals surface area (Å²) in [5.74, 6) is 0.293. The van der Waals surface area contributed by atoms with Gasteiger partial charge in [0.2, 0.25) is 4.77 Å². The van der Waals surface area contributed by atoms with Crippen LogP contribution in [0.3, 0.4) is 0 Å². The first-order valence-electron chi connectivity index (χ1n) is 5.09. The first-order chi connectivity index (χ1) is 8.04. The lowest BCUT2D eigenvalue weighted by atomic mass is 10.1. The Bertz CT molecular complexity index is 466. The molecular formula is C9H14N4O3S. The Morgan fingerprint density at radius 1 is 1.59 bits per heavy atom. The van der Waals surface area contributed by atoms with Crippen molar-refractivity contribution in [2.24, 2.45) is 5.73 Å². The lowest BCUT2D eigenvalue weighted by Crippen LogP contribution is -2.41. The predicted molar refractivity (Wildman–Crippen MR) is 62.5 cm³/mol. The van der Waals surface area contributed by atoms with Crippen LogP contribution in [0.25, 0.3) is 0 Å². The first-order valence-corrected chi connectivity index (χ1v) is 5.50. The van der Waals surface area contributed by atoms with Gasteiger partial charge in [-0.05, 0) is 18.3 Å². The molecule has 0 aliphatic carbocycles. The minimum Gasteiger partial charge on any atom is -0.394 e. The Morgan fingerprint density at radius 2 is 2.29 bits per heavy atom. The van der Waals surface area contributed by atoms with Crippen LogP contribution in [0.4, 0.5) is 5.82 Å². The van der Waals surface area contributed by atoms with Crippen LogP contribution in [-0.2, 0) is 4.74 Å². The molecule has 0 radical (unpaired) electrons. The third-order valence-electron chi connectivity index (χ3n) is 2.74. The molecule has 0 unspecified atom stereocenters. The number of aromatic nitrogens is 2. The SMILES string of the molecule is Nc1ccn([C@@H]2O[C@H](CO)[C@@H](N)[C@H]2O)c(=S)n1. The highest BCUT2D eigenvalue weighted by atomic mass is 32.1.